The number of anilines is 1. The predicted molar refractivity (Wildman–Crippen MR) is 81.6 cm³/mol. The first kappa shape index (κ1) is 14.3. The van der Waals surface area contributed by atoms with Crippen LogP contribution in [0.1, 0.15) is 27.6 Å². The summed E-state index contributed by atoms with van der Waals surface area (Å²) in [5.41, 5.74) is 2.48. The molecule has 22 heavy (non-hydrogen) atoms. The summed E-state index contributed by atoms with van der Waals surface area (Å²) in [5, 5.41) is 2.85. The quantitative estimate of drug-likeness (QED) is 0.922. The van der Waals surface area contributed by atoms with Crippen molar-refractivity contribution in [1.29, 1.82) is 0 Å². The van der Waals surface area contributed by atoms with Gasteiger partial charge in [0, 0.05) is 11.8 Å². The van der Waals surface area contributed by atoms with Crippen LogP contribution in [0.2, 0.25) is 0 Å². The Morgan fingerprint density at radius 1 is 1.05 bits per heavy atom. The lowest BCUT2D eigenvalue weighted by Crippen LogP contribution is -2.18. The molecule has 0 saturated carbocycles. The minimum absolute atomic E-state index is 0.230. The van der Waals surface area contributed by atoms with E-state index in [-0.39, 0.29) is 5.91 Å². The van der Waals surface area contributed by atoms with E-state index in [0.29, 0.717) is 53.2 Å². The fraction of sp³-hybridized carbons (Fsp3) is 0.312. The monoisotopic (exact) mass is 299 g/mol. The fourth-order valence-electron chi connectivity index (χ4n) is 2.53. The number of aryl methyl sites for hydroxylation is 3. The summed E-state index contributed by atoms with van der Waals surface area (Å²) >= 11 is 0. The first-order chi connectivity index (χ1) is 10.5. The van der Waals surface area contributed by atoms with Gasteiger partial charge in [-0.2, -0.15) is 0 Å². The third kappa shape index (κ3) is 2.72. The van der Waals surface area contributed by atoms with Gasteiger partial charge in [0.05, 0.1) is 17.0 Å². The first-order valence-corrected chi connectivity index (χ1v) is 7.07. The minimum atomic E-state index is -0.230. The maximum absolute atomic E-state index is 12.5. The van der Waals surface area contributed by atoms with Crippen molar-refractivity contribution in [1.82, 2.24) is 9.97 Å². The smallest absolute Gasteiger partial charge is 0.259 e. The molecule has 6 heteroatoms. The van der Waals surface area contributed by atoms with Crippen molar-refractivity contribution < 1.29 is 14.3 Å². The Kier molecular flexibility index (Phi) is 3.66. The average molecular weight is 299 g/mol. The van der Waals surface area contributed by atoms with Gasteiger partial charge in [0.25, 0.3) is 5.91 Å². The molecule has 1 aliphatic rings. The molecule has 1 amide bonds. The molecule has 3 rings (SSSR count). The van der Waals surface area contributed by atoms with E-state index in [9.17, 15) is 4.79 Å². The van der Waals surface area contributed by atoms with Crippen LogP contribution in [0.25, 0.3) is 0 Å². The zero-order valence-electron chi connectivity index (χ0n) is 12.8. The van der Waals surface area contributed by atoms with Gasteiger partial charge < -0.3 is 14.8 Å². The van der Waals surface area contributed by atoms with Gasteiger partial charge in [0.2, 0.25) is 0 Å². The third-order valence-corrected chi connectivity index (χ3v) is 3.41. The summed E-state index contributed by atoms with van der Waals surface area (Å²) in [4.78, 5) is 21.0. The van der Waals surface area contributed by atoms with Crippen LogP contribution in [0.4, 0.5) is 5.69 Å². The Bertz CT molecular complexity index is 720. The molecule has 1 aromatic carbocycles. The summed E-state index contributed by atoms with van der Waals surface area (Å²) < 4.78 is 11.0. The summed E-state index contributed by atoms with van der Waals surface area (Å²) in [6.07, 6.45) is 0. The largest absolute Gasteiger partial charge is 0.486 e. The molecular formula is C16H17N3O3. The molecule has 0 atom stereocenters. The second kappa shape index (κ2) is 5.63. The molecule has 114 valence electrons. The van der Waals surface area contributed by atoms with Gasteiger partial charge in [-0.3, -0.25) is 4.79 Å². The van der Waals surface area contributed by atoms with Crippen LogP contribution in [-0.4, -0.2) is 29.1 Å². The molecule has 2 heterocycles. The maximum Gasteiger partial charge on any atom is 0.259 e. The lowest BCUT2D eigenvalue weighted by Gasteiger charge is -2.19. The lowest BCUT2D eigenvalue weighted by molar-refractivity contribution is 0.102. The Morgan fingerprint density at radius 2 is 1.68 bits per heavy atom. The molecule has 0 bridgehead atoms. The zero-order chi connectivity index (χ0) is 15.7. The number of nitrogens with zero attached hydrogens (tertiary/aromatic N) is 2. The van der Waals surface area contributed by atoms with Crippen LogP contribution in [0, 0.1) is 20.8 Å². The van der Waals surface area contributed by atoms with E-state index in [1.54, 1.807) is 32.0 Å². The van der Waals surface area contributed by atoms with Crippen molar-refractivity contribution in [2.24, 2.45) is 0 Å². The number of hydrogen-bond donors (Lipinski definition) is 1. The number of hydrogen-bond acceptors (Lipinski definition) is 5. The number of nitrogens with one attached hydrogen (secondary N) is 1. The van der Waals surface area contributed by atoms with Crippen molar-refractivity contribution in [3.05, 3.63) is 41.0 Å². The third-order valence-electron chi connectivity index (χ3n) is 3.41. The van der Waals surface area contributed by atoms with Crippen molar-refractivity contribution in [2.45, 2.75) is 20.8 Å². The number of ether oxygens (including phenoxy) is 2. The highest BCUT2D eigenvalue weighted by molar-refractivity contribution is 6.05. The molecule has 0 radical (unpaired) electrons. The topological polar surface area (TPSA) is 73.3 Å². The van der Waals surface area contributed by atoms with E-state index in [1.165, 1.54) is 0 Å². The molecule has 0 aliphatic carbocycles. The Balaban J connectivity index is 1.86. The van der Waals surface area contributed by atoms with Gasteiger partial charge >= 0.3 is 0 Å². The van der Waals surface area contributed by atoms with Crippen LogP contribution >= 0.6 is 0 Å². The molecule has 0 unspecified atom stereocenters. The van der Waals surface area contributed by atoms with Crippen LogP contribution < -0.4 is 14.8 Å². The summed E-state index contributed by atoms with van der Waals surface area (Å²) in [6, 6.07) is 5.33. The standard InChI is InChI=1S/C16H17N3O3/c1-9-15(10(2)18-11(3)17-9)16(20)19-12-4-5-13-14(8-12)22-7-6-21-13/h4-5,8H,6-7H2,1-3H3,(H,19,20). The van der Waals surface area contributed by atoms with E-state index >= 15 is 0 Å². The molecule has 1 aromatic heterocycles. The second-order valence-electron chi connectivity index (χ2n) is 5.13. The SMILES string of the molecule is Cc1nc(C)c(C(=O)Nc2ccc3c(c2)OCCO3)c(C)n1. The van der Waals surface area contributed by atoms with E-state index in [1.807, 2.05) is 6.92 Å². The first-order valence-electron chi connectivity index (χ1n) is 7.07. The van der Waals surface area contributed by atoms with Gasteiger partial charge in [0.15, 0.2) is 11.5 Å². The molecule has 1 aliphatic heterocycles. The van der Waals surface area contributed by atoms with E-state index in [2.05, 4.69) is 15.3 Å². The molecule has 0 spiro atoms. The van der Waals surface area contributed by atoms with Crippen LogP contribution in [0.15, 0.2) is 18.2 Å². The molecule has 2 aromatic rings. The zero-order valence-corrected chi connectivity index (χ0v) is 12.8. The van der Waals surface area contributed by atoms with Gasteiger partial charge in [0.1, 0.15) is 19.0 Å². The van der Waals surface area contributed by atoms with Crippen molar-refractivity contribution >= 4 is 11.6 Å². The van der Waals surface area contributed by atoms with E-state index in [0.717, 1.165) is 0 Å². The number of amides is 1. The fourth-order valence-corrected chi connectivity index (χ4v) is 2.53. The number of carbonyl (C=O) groups is 1. The van der Waals surface area contributed by atoms with Crippen LogP contribution in [-0.2, 0) is 0 Å². The van der Waals surface area contributed by atoms with E-state index in [4.69, 9.17) is 9.47 Å². The number of carbonyl (C=O) groups excluding carboxylic acids is 1. The molecule has 1 N–H and O–H groups in total. The van der Waals surface area contributed by atoms with Gasteiger partial charge in [-0.25, -0.2) is 9.97 Å². The highest BCUT2D eigenvalue weighted by Crippen LogP contribution is 2.32. The summed E-state index contributed by atoms with van der Waals surface area (Å²) in [6.45, 7) is 6.47. The normalized spacial score (nSPS) is 12.9. The number of aromatic nitrogens is 2. The Hall–Kier alpha value is -2.63. The number of rotatable bonds is 2. The van der Waals surface area contributed by atoms with E-state index < -0.39 is 0 Å². The Morgan fingerprint density at radius 3 is 2.36 bits per heavy atom. The predicted octanol–water partition coefficient (Wildman–Crippen LogP) is 2.43. The van der Waals surface area contributed by atoms with Gasteiger partial charge in [-0.05, 0) is 32.9 Å². The highest BCUT2D eigenvalue weighted by atomic mass is 16.6. The lowest BCUT2D eigenvalue weighted by atomic mass is 10.1. The maximum atomic E-state index is 12.5. The second-order valence-corrected chi connectivity index (χ2v) is 5.13. The van der Waals surface area contributed by atoms with Crippen molar-refractivity contribution in [3.8, 4) is 11.5 Å². The highest BCUT2D eigenvalue weighted by Gasteiger charge is 2.17. The van der Waals surface area contributed by atoms with Gasteiger partial charge in [-0.15, -0.1) is 0 Å². The van der Waals surface area contributed by atoms with Crippen LogP contribution in [0.5, 0.6) is 11.5 Å². The van der Waals surface area contributed by atoms with Crippen molar-refractivity contribution in [2.75, 3.05) is 18.5 Å². The van der Waals surface area contributed by atoms with Gasteiger partial charge in [-0.1, -0.05) is 0 Å². The average Bonchev–Trinajstić information content (AvgIpc) is 2.46. The molecule has 6 nitrogen and oxygen atoms in total. The molecule has 0 saturated heterocycles. The van der Waals surface area contributed by atoms with Crippen LogP contribution in [0.3, 0.4) is 0 Å². The Labute approximate surface area is 128 Å². The van der Waals surface area contributed by atoms with Crippen molar-refractivity contribution in [3.63, 3.8) is 0 Å². The summed E-state index contributed by atoms with van der Waals surface area (Å²) in [7, 11) is 0. The number of fused-ring (bicyclic) bond motifs is 1. The summed E-state index contributed by atoms with van der Waals surface area (Å²) in [5.74, 6) is 1.76. The number of benzene rings is 1. The molecule has 0 fully saturated rings. The minimum Gasteiger partial charge on any atom is -0.486 e. The molecular weight excluding hydrogens is 282 g/mol.